The highest BCUT2D eigenvalue weighted by Gasteiger charge is 2.47. The number of carbonyl (C=O) groups excluding carboxylic acids is 1. The minimum absolute atomic E-state index is 0.131. The highest BCUT2D eigenvalue weighted by atomic mass is 19.1. The number of nitrogens with zero attached hydrogens (tertiary/aromatic N) is 3. The number of aryl methyl sites for hydroxylation is 1. The molecular formula is C13H16FN3O3. The van der Waals surface area contributed by atoms with Crippen molar-refractivity contribution < 1.29 is 19.1 Å². The van der Waals surface area contributed by atoms with E-state index in [0.717, 1.165) is 31.5 Å². The predicted octanol–water partition coefficient (Wildman–Crippen LogP) is 0.858. The first-order valence-corrected chi connectivity index (χ1v) is 6.77. The summed E-state index contributed by atoms with van der Waals surface area (Å²) in [6.07, 6.45) is 4.20. The van der Waals surface area contributed by atoms with Gasteiger partial charge in [0.2, 0.25) is 5.67 Å². The van der Waals surface area contributed by atoms with Crippen molar-refractivity contribution in [2.45, 2.75) is 37.9 Å². The van der Waals surface area contributed by atoms with Crippen molar-refractivity contribution in [2.75, 3.05) is 13.1 Å². The third kappa shape index (κ3) is 1.97. The number of carbonyl (C=O) groups is 2. The van der Waals surface area contributed by atoms with Crippen LogP contribution in [-0.4, -0.2) is 50.4 Å². The Kier molecular flexibility index (Phi) is 2.99. The number of likely N-dealkylation sites (tertiary alicyclic amines) is 1. The number of alkyl halides is 1. The molecule has 0 radical (unpaired) electrons. The fraction of sp³-hybridized carbons (Fsp3) is 0.615. The zero-order valence-corrected chi connectivity index (χ0v) is 11.0. The first-order valence-electron chi connectivity index (χ1n) is 6.77. The summed E-state index contributed by atoms with van der Waals surface area (Å²) < 4.78 is 15.8. The van der Waals surface area contributed by atoms with E-state index in [0.29, 0.717) is 5.56 Å². The number of aromatic nitrogens is 2. The van der Waals surface area contributed by atoms with Crippen molar-refractivity contribution in [3.8, 4) is 0 Å². The molecule has 0 aromatic carbocycles. The normalized spacial score (nSPS) is 25.6. The molecule has 7 heteroatoms. The number of carboxylic acids is 1. The minimum Gasteiger partial charge on any atom is -0.479 e. The molecule has 108 valence electrons. The maximum Gasteiger partial charge on any atom is 0.343 e. The molecule has 3 rings (SSSR count). The van der Waals surface area contributed by atoms with Gasteiger partial charge in [-0.2, -0.15) is 5.10 Å². The van der Waals surface area contributed by atoms with Gasteiger partial charge in [0.25, 0.3) is 5.91 Å². The second-order valence-corrected chi connectivity index (χ2v) is 5.43. The minimum atomic E-state index is -2.32. The quantitative estimate of drug-likeness (QED) is 0.872. The molecule has 1 saturated heterocycles. The van der Waals surface area contributed by atoms with E-state index in [2.05, 4.69) is 5.10 Å². The largest absolute Gasteiger partial charge is 0.479 e. The maximum absolute atomic E-state index is 14.0. The maximum atomic E-state index is 14.0. The number of amides is 1. The fourth-order valence-corrected chi connectivity index (χ4v) is 2.89. The highest BCUT2D eigenvalue weighted by Crippen LogP contribution is 2.28. The molecule has 0 bridgehead atoms. The Morgan fingerprint density at radius 1 is 1.35 bits per heavy atom. The van der Waals surface area contributed by atoms with Crippen LogP contribution in [0.2, 0.25) is 0 Å². The average Bonchev–Trinajstić information content (AvgIpc) is 3.03. The molecule has 1 atom stereocenters. The lowest BCUT2D eigenvalue weighted by molar-refractivity contribution is -0.149. The van der Waals surface area contributed by atoms with Crippen molar-refractivity contribution in [1.29, 1.82) is 0 Å². The van der Waals surface area contributed by atoms with E-state index in [1.165, 1.54) is 11.1 Å². The molecule has 2 aliphatic rings. The molecule has 6 nitrogen and oxygen atoms in total. The van der Waals surface area contributed by atoms with Gasteiger partial charge >= 0.3 is 5.97 Å². The molecular weight excluding hydrogens is 265 g/mol. The molecule has 1 aromatic heterocycles. The van der Waals surface area contributed by atoms with Gasteiger partial charge in [0.15, 0.2) is 0 Å². The molecule has 0 saturated carbocycles. The summed E-state index contributed by atoms with van der Waals surface area (Å²) in [7, 11) is 0. The summed E-state index contributed by atoms with van der Waals surface area (Å²) >= 11 is 0. The van der Waals surface area contributed by atoms with Crippen LogP contribution in [0.1, 0.15) is 35.3 Å². The molecule has 1 unspecified atom stereocenters. The van der Waals surface area contributed by atoms with Gasteiger partial charge in [-0.1, -0.05) is 0 Å². The number of rotatable bonds is 2. The Morgan fingerprint density at radius 3 is 2.85 bits per heavy atom. The summed E-state index contributed by atoms with van der Waals surface area (Å²) in [6.45, 7) is 0.544. The lowest BCUT2D eigenvalue weighted by Crippen LogP contribution is -2.39. The van der Waals surface area contributed by atoms with E-state index in [-0.39, 0.29) is 25.4 Å². The standard InChI is InChI=1S/C13H16FN3O3/c14-13(12(19)20)4-6-16(8-13)11(18)9-7-15-17-5-2-1-3-10(9)17/h7H,1-6,8H2,(H,19,20). The van der Waals surface area contributed by atoms with E-state index >= 15 is 0 Å². The Balaban J connectivity index is 1.81. The van der Waals surface area contributed by atoms with Crippen LogP contribution in [0.25, 0.3) is 0 Å². The van der Waals surface area contributed by atoms with Crippen LogP contribution in [0.4, 0.5) is 4.39 Å². The first-order chi connectivity index (χ1) is 9.51. The first kappa shape index (κ1) is 13.1. The number of carboxylic acid groups (broad SMARTS) is 1. The summed E-state index contributed by atoms with van der Waals surface area (Å²) in [6, 6.07) is 0. The van der Waals surface area contributed by atoms with Gasteiger partial charge < -0.3 is 10.0 Å². The van der Waals surface area contributed by atoms with Gasteiger partial charge in [0, 0.05) is 19.5 Å². The van der Waals surface area contributed by atoms with Crippen molar-refractivity contribution >= 4 is 11.9 Å². The summed E-state index contributed by atoms with van der Waals surface area (Å²) in [4.78, 5) is 24.6. The Hall–Kier alpha value is -1.92. The Morgan fingerprint density at radius 2 is 2.15 bits per heavy atom. The number of hydrogen-bond acceptors (Lipinski definition) is 3. The summed E-state index contributed by atoms with van der Waals surface area (Å²) in [5, 5.41) is 13.0. The van der Waals surface area contributed by atoms with Crippen LogP contribution in [0.5, 0.6) is 0 Å². The lowest BCUT2D eigenvalue weighted by Gasteiger charge is -2.19. The fourth-order valence-electron chi connectivity index (χ4n) is 2.89. The molecule has 20 heavy (non-hydrogen) atoms. The van der Waals surface area contributed by atoms with Crippen LogP contribution in [-0.2, 0) is 17.8 Å². The second kappa shape index (κ2) is 4.57. The van der Waals surface area contributed by atoms with Crippen LogP contribution in [0.15, 0.2) is 6.20 Å². The van der Waals surface area contributed by atoms with E-state index < -0.39 is 11.6 Å². The Labute approximate surface area is 115 Å². The lowest BCUT2D eigenvalue weighted by atomic mass is 10.1. The van der Waals surface area contributed by atoms with Crippen LogP contribution in [0.3, 0.4) is 0 Å². The predicted molar refractivity (Wildman–Crippen MR) is 67.2 cm³/mol. The summed E-state index contributed by atoms with van der Waals surface area (Å²) in [5.74, 6) is -1.81. The molecule has 1 fully saturated rings. The smallest absolute Gasteiger partial charge is 0.343 e. The van der Waals surface area contributed by atoms with Gasteiger partial charge in [0.1, 0.15) is 0 Å². The van der Waals surface area contributed by atoms with Crippen molar-refractivity contribution in [2.24, 2.45) is 0 Å². The van der Waals surface area contributed by atoms with E-state index in [1.54, 1.807) is 0 Å². The third-order valence-electron chi connectivity index (χ3n) is 4.10. The molecule has 0 aliphatic carbocycles. The number of aliphatic carboxylic acids is 1. The zero-order valence-electron chi connectivity index (χ0n) is 11.0. The van der Waals surface area contributed by atoms with Crippen LogP contribution < -0.4 is 0 Å². The average molecular weight is 281 g/mol. The topological polar surface area (TPSA) is 75.4 Å². The zero-order chi connectivity index (χ0) is 14.3. The van der Waals surface area contributed by atoms with Gasteiger partial charge in [-0.25, -0.2) is 9.18 Å². The second-order valence-electron chi connectivity index (χ2n) is 5.43. The monoisotopic (exact) mass is 281 g/mol. The van der Waals surface area contributed by atoms with Crippen molar-refractivity contribution in [3.63, 3.8) is 0 Å². The molecule has 1 amide bonds. The SMILES string of the molecule is O=C(c1cnn2c1CCCC2)N1CCC(F)(C(=O)O)C1. The molecule has 3 heterocycles. The van der Waals surface area contributed by atoms with E-state index in [9.17, 15) is 14.0 Å². The van der Waals surface area contributed by atoms with E-state index in [1.807, 2.05) is 4.68 Å². The molecule has 1 aromatic rings. The van der Waals surface area contributed by atoms with Crippen LogP contribution in [0, 0.1) is 0 Å². The van der Waals surface area contributed by atoms with Crippen LogP contribution >= 0.6 is 0 Å². The molecule has 1 N–H and O–H groups in total. The number of halogens is 1. The van der Waals surface area contributed by atoms with Crippen molar-refractivity contribution in [1.82, 2.24) is 14.7 Å². The van der Waals surface area contributed by atoms with Gasteiger partial charge in [0.05, 0.1) is 24.0 Å². The Bertz CT molecular complexity index is 571. The summed E-state index contributed by atoms with van der Waals surface area (Å²) in [5.41, 5.74) is -0.949. The van der Waals surface area contributed by atoms with Gasteiger partial charge in [-0.3, -0.25) is 9.48 Å². The van der Waals surface area contributed by atoms with Gasteiger partial charge in [-0.05, 0) is 19.3 Å². The number of fused-ring (bicyclic) bond motifs is 1. The molecule has 0 spiro atoms. The highest BCUT2D eigenvalue weighted by molar-refractivity contribution is 5.96. The van der Waals surface area contributed by atoms with E-state index in [4.69, 9.17) is 5.11 Å². The van der Waals surface area contributed by atoms with Crippen molar-refractivity contribution in [3.05, 3.63) is 17.5 Å². The van der Waals surface area contributed by atoms with Gasteiger partial charge in [-0.15, -0.1) is 0 Å². The third-order valence-corrected chi connectivity index (χ3v) is 4.10. The number of hydrogen-bond donors (Lipinski definition) is 1. The molecule has 2 aliphatic heterocycles.